The number of halogens is 1. The third-order valence-corrected chi connectivity index (χ3v) is 2.27. The molecule has 0 aliphatic carbocycles. The second-order valence-corrected chi connectivity index (χ2v) is 3.73. The summed E-state index contributed by atoms with van der Waals surface area (Å²) in [6, 6.07) is 3.49. The van der Waals surface area contributed by atoms with Crippen LogP contribution in [0.5, 0.6) is 0 Å². The maximum atomic E-state index is 13.2. The Balaban J connectivity index is 2.30. The molecule has 0 saturated carbocycles. The number of amides is 1. The zero-order valence-corrected chi connectivity index (χ0v) is 10.5. The van der Waals surface area contributed by atoms with Crippen LogP contribution in [0.4, 0.5) is 10.4 Å². The summed E-state index contributed by atoms with van der Waals surface area (Å²) in [6.07, 6.45) is 0. The summed E-state index contributed by atoms with van der Waals surface area (Å²) in [5.74, 6) is 4.05. The average Bonchev–Trinajstić information content (AvgIpc) is 2.82. The number of nitrogens with zero attached hydrogens (tertiary/aromatic N) is 2. The molecule has 0 aliphatic heterocycles. The topological polar surface area (TPSA) is 88.2 Å². The summed E-state index contributed by atoms with van der Waals surface area (Å²) < 4.78 is 18.2. The fourth-order valence-electron chi connectivity index (χ4n) is 1.46. The predicted octanol–water partition coefficient (Wildman–Crippen LogP) is 1.11. The van der Waals surface area contributed by atoms with E-state index in [4.69, 9.17) is 9.52 Å². The van der Waals surface area contributed by atoms with Crippen LogP contribution in [0.2, 0.25) is 0 Å². The fourth-order valence-corrected chi connectivity index (χ4v) is 1.46. The van der Waals surface area contributed by atoms with Gasteiger partial charge in [0.25, 0.3) is 5.91 Å². The van der Waals surface area contributed by atoms with Crippen LogP contribution in [-0.2, 0) is 0 Å². The molecule has 0 spiro atoms. The standard InChI is InChI=1S/C13H10FN3O3/c1-8-16-17-13(20-8)15-12(19)11-7-10(14)5-4-9(11)3-2-6-18/h4-5,7,18H,6H2,1H3,(H,15,17,19). The van der Waals surface area contributed by atoms with Crippen LogP contribution in [0.25, 0.3) is 0 Å². The number of rotatable bonds is 2. The molecule has 102 valence electrons. The van der Waals surface area contributed by atoms with Crippen LogP contribution in [0, 0.1) is 24.6 Å². The van der Waals surface area contributed by atoms with E-state index in [0.717, 1.165) is 6.07 Å². The van der Waals surface area contributed by atoms with Crippen molar-refractivity contribution < 1.29 is 18.7 Å². The van der Waals surface area contributed by atoms with E-state index in [2.05, 4.69) is 27.4 Å². The summed E-state index contributed by atoms with van der Waals surface area (Å²) in [5.41, 5.74) is 0.302. The molecule has 0 fully saturated rings. The molecule has 1 amide bonds. The summed E-state index contributed by atoms with van der Waals surface area (Å²) in [5, 5.41) is 18.2. The first kappa shape index (κ1) is 13.7. The fraction of sp³-hybridized carbons (Fsp3) is 0.154. The van der Waals surface area contributed by atoms with Gasteiger partial charge in [0.15, 0.2) is 0 Å². The van der Waals surface area contributed by atoms with Crippen molar-refractivity contribution in [3.05, 3.63) is 41.0 Å². The second kappa shape index (κ2) is 5.95. The highest BCUT2D eigenvalue weighted by molar-refractivity contribution is 6.04. The minimum absolute atomic E-state index is 0.0156. The lowest BCUT2D eigenvalue weighted by atomic mass is 10.1. The van der Waals surface area contributed by atoms with E-state index in [0.29, 0.717) is 5.89 Å². The summed E-state index contributed by atoms with van der Waals surface area (Å²) in [4.78, 5) is 12.0. The number of hydrogen-bond acceptors (Lipinski definition) is 5. The van der Waals surface area contributed by atoms with Crippen molar-refractivity contribution in [3.63, 3.8) is 0 Å². The lowest BCUT2D eigenvalue weighted by Crippen LogP contribution is -2.14. The Kier molecular flexibility index (Phi) is 4.08. The molecule has 0 unspecified atom stereocenters. The number of aromatic nitrogens is 2. The first-order valence-corrected chi connectivity index (χ1v) is 5.61. The van der Waals surface area contributed by atoms with Crippen molar-refractivity contribution >= 4 is 11.9 Å². The van der Waals surface area contributed by atoms with Gasteiger partial charge in [0.1, 0.15) is 12.4 Å². The Morgan fingerprint density at radius 3 is 2.95 bits per heavy atom. The lowest BCUT2D eigenvalue weighted by molar-refractivity contribution is 0.102. The van der Waals surface area contributed by atoms with E-state index in [9.17, 15) is 9.18 Å². The molecule has 0 bridgehead atoms. The van der Waals surface area contributed by atoms with Crippen LogP contribution in [0.15, 0.2) is 22.6 Å². The first-order chi connectivity index (χ1) is 9.60. The number of aryl methyl sites for hydroxylation is 1. The zero-order chi connectivity index (χ0) is 14.5. The zero-order valence-electron chi connectivity index (χ0n) is 10.5. The van der Waals surface area contributed by atoms with Gasteiger partial charge < -0.3 is 9.52 Å². The van der Waals surface area contributed by atoms with Crippen molar-refractivity contribution in [2.75, 3.05) is 11.9 Å². The molecular formula is C13H10FN3O3. The number of nitrogens with one attached hydrogen (secondary N) is 1. The third kappa shape index (κ3) is 3.18. The molecule has 1 aromatic heterocycles. The number of benzene rings is 1. The number of hydrogen-bond donors (Lipinski definition) is 2. The largest absolute Gasteiger partial charge is 0.408 e. The smallest absolute Gasteiger partial charge is 0.322 e. The Bertz CT molecular complexity index is 700. The van der Waals surface area contributed by atoms with Gasteiger partial charge in [0.05, 0.1) is 5.56 Å². The van der Waals surface area contributed by atoms with Crippen molar-refractivity contribution in [3.8, 4) is 11.8 Å². The number of carbonyl (C=O) groups is 1. The van der Waals surface area contributed by atoms with Crippen LogP contribution in [-0.4, -0.2) is 27.8 Å². The minimum Gasteiger partial charge on any atom is -0.408 e. The van der Waals surface area contributed by atoms with Crippen molar-refractivity contribution in [1.29, 1.82) is 0 Å². The van der Waals surface area contributed by atoms with E-state index in [1.54, 1.807) is 6.92 Å². The van der Waals surface area contributed by atoms with E-state index >= 15 is 0 Å². The van der Waals surface area contributed by atoms with Gasteiger partial charge in [-0.15, -0.1) is 5.10 Å². The molecule has 2 N–H and O–H groups in total. The Hall–Kier alpha value is -2.72. The lowest BCUT2D eigenvalue weighted by Gasteiger charge is -2.03. The maximum absolute atomic E-state index is 13.2. The molecule has 7 heteroatoms. The molecule has 0 atom stereocenters. The Labute approximate surface area is 113 Å². The van der Waals surface area contributed by atoms with Crippen LogP contribution < -0.4 is 5.32 Å². The van der Waals surface area contributed by atoms with Crippen molar-refractivity contribution in [1.82, 2.24) is 10.2 Å². The molecule has 20 heavy (non-hydrogen) atoms. The second-order valence-electron chi connectivity index (χ2n) is 3.73. The highest BCUT2D eigenvalue weighted by Gasteiger charge is 2.14. The molecule has 2 aromatic rings. The monoisotopic (exact) mass is 275 g/mol. The number of carbonyl (C=O) groups excluding carboxylic acids is 1. The Morgan fingerprint density at radius 1 is 1.50 bits per heavy atom. The van der Waals surface area contributed by atoms with Crippen LogP contribution in [0.1, 0.15) is 21.8 Å². The molecule has 6 nitrogen and oxygen atoms in total. The first-order valence-electron chi connectivity index (χ1n) is 5.61. The summed E-state index contributed by atoms with van der Waals surface area (Å²) >= 11 is 0. The third-order valence-electron chi connectivity index (χ3n) is 2.27. The number of aliphatic hydroxyl groups excluding tert-OH is 1. The van der Waals surface area contributed by atoms with Gasteiger partial charge in [-0.3, -0.25) is 10.1 Å². The van der Waals surface area contributed by atoms with Crippen LogP contribution >= 0.6 is 0 Å². The SMILES string of the molecule is Cc1nnc(NC(=O)c2cc(F)ccc2C#CCO)o1. The van der Waals surface area contributed by atoms with Gasteiger partial charge in [-0.1, -0.05) is 16.9 Å². The van der Waals surface area contributed by atoms with Gasteiger partial charge >= 0.3 is 6.01 Å². The molecule has 1 aromatic carbocycles. The summed E-state index contributed by atoms with van der Waals surface area (Å²) in [7, 11) is 0. The van der Waals surface area contributed by atoms with E-state index in [1.165, 1.54) is 12.1 Å². The van der Waals surface area contributed by atoms with E-state index in [1.807, 2.05) is 0 Å². The maximum Gasteiger partial charge on any atom is 0.322 e. The molecule has 2 rings (SSSR count). The predicted molar refractivity (Wildman–Crippen MR) is 67.4 cm³/mol. The minimum atomic E-state index is -0.629. The number of aliphatic hydroxyl groups is 1. The summed E-state index contributed by atoms with van der Waals surface area (Å²) in [6.45, 7) is 1.21. The van der Waals surface area contributed by atoms with Gasteiger partial charge in [0, 0.05) is 12.5 Å². The normalized spacial score (nSPS) is 9.75. The van der Waals surface area contributed by atoms with Crippen molar-refractivity contribution in [2.45, 2.75) is 6.92 Å². The van der Waals surface area contributed by atoms with Gasteiger partial charge in [0.2, 0.25) is 5.89 Å². The number of anilines is 1. The molecule has 0 radical (unpaired) electrons. The van der Waals surface area contributed by atoms with E-state index in [-0.39, 0.29) is 23.7 Å². The van der Waals surface area contributed by atoms with Gasteiger partial charge in [-0.2, -0.15) is 0 Å². The molecule has 0 saturated heterocycles. The quantitative estimate of drug-likeness (QED) is 0.802. The van der Waals surface area contributed by atoms with Gasteiger partial charge in [-0.25, -0.2) is 4.39 Å². The average molecular weight is 275 g/mol. The van der Waals surface area contributed by atoms with Crippen LogP contribution in [0.3, 0.4) is 0 Å². The Morgan fingerprint density at radius 2 is 2.30 bits per heavy atom. The van der Waals surface area contributed by atoms with Gasteiger partial charge in [-0.05, 0) is 18.2 Å². The van der Waals surface area contributed by atoms with E-state index < -0.39 is 11.7 Å². The molecule has 1 heterocycles. The highest BCUT2D eigenvalue weighted by atomic mass is 19.1. The molecular weight excluding hydrogens is 265 g/mol. The van der Waals surface area contributed by atoms with Crippen molar-refractivity contribution in [2.24, 2.45) is 0 Å². The highest BCUT2D eigenvalue weighted by Crippen LogP contribution is 2.13. The molecule has 0 aliphatic rings.